The van der Waals surface area contributed by atoms with E-state index in [1.54, 1.807) is 0 Å². The zero-order valence-corrected chi connectivity index (χ0v) is 16.5. The van der Waals surface area contributed by atoms with Crippen molar-refractivity contribution in [2.24, 2.45) is 11.8 Å². The fourth-order valence-corrected chi connectivity index (χ4v) is 4.82. The predicted octanol–water partition coefficient (Wildman–Crippen LogP) is 4.98. The van der Waals surface area contributed by atoms with Gasteiger partial charge in [-0.1, -0.05) is 42.6 Å². The molecule has 0 saturated carbocycles. The third-order valence-electron chi connectivity index (χ3n) is 6.13. The van der Waals surface area contributed by atoms with Crippen LogP contribution in [0.3, 0.4) is 0 Å². The summed E-state index contributed by atoms with van der Waals surface area (Å²) in [6.07, 6.45) is 6.39. The van der Waals surface area contributed by atoms with Crippen molar-refractivity contribution in [2.45, 2.75) is 45.1 Å². The molecule has 0 bridgehead atoms. The Labute approximate surface area is 157 Å². The minimum Gasteiger partial charge on any atom is -0.306 e. The van der Waals surface area contributed by atoms with E-state index in [9.17, 15) is 0 Å². The molecule has 0 aliphatic carbocycles. The fraction of sp³-hybridized carbons (Fsp3) is 0.700. The lowest BCUT2D eigenvalue weighted by molar-refractivity contribution is 0.0497. The lowest BCUT2D eigenvalue weighted by Crippen LogP contribution is -2.50. The number of piperidine rings is 2. The summed E-state index contributed by atoms with van der Waals surface area (Å²) in [6.45, 7) is 7.40. The Kier molecular flexibility index (Phi) is 6.48. The highest BCUT2D eigenvalue weighted by Gasteiger charge is 2.32. The van der Waals surface area contributed by atoms with Gasteiger partial charge in [0.2, 0.25) is 0 Å². The largest absolute Gasteiger partial charge is 0.306 e. The Hall–Kier alpha value is -0.280. The van der Waals surface area contributed by atoms with E-state index in [2.05, 4.69) is 35.9 Å². The number of nitrogens with zero attached hydrogens (tertiary/aromatic N) is 2. The number of likely N-dealkylation sites (tertiary alicyclic amines) is 2. The molecule has 2 unspecified atom stereocenters. The summed E-state index contributed by atoms with van der Waals surface area (Å²) < 4.78 is 0. The molecule has 0 N–H and O–H groups in total. The van der Waals surface area contributed by atoms with Crippen molar-refractivity contribution in [2.75, 3.05) is 33.2 Å². The molecule has 24 heavy (non-hydrogen) atoms. The zero-order chi connectivity index (χ0) is 17.1. The van der Waals surface area contributed by atoms with E-state index in [1.807, 2.05) is 6.07 Å². The number of rotatable bonds is 4. The number of benzene rings is 1. The lowest BCUT2D eigenvalue weighted by Gasteiger charge is -2.44. The summed E-state index contributed by atoms with van der Waals surface area (Å²) in [5.74, 6) is 1.57. The van der Waals surface area contributed by atoms with E-state index in [0.717, 1.165) is 24.3 Å². The van der Waals surface area contributed by atoms with Gasteiger partial charge in [-0.15, -0.1) is 0 Å². The predicted molar refractivity (Wildman–Crippen MR) is 104 cm³/mol. The molecular formula is C20H30Cl2N2. The van der Waals surface area contributed by atoms with Crippen molar-refractivity contribution in [1.29, 1.82) is 0 Å². The lowest BCUT2D eigenvalue weighted by atomic mass is 9.79. The molecule has 0 spiro atoms. The average Bonchev–Trinajstić information content (AvgIpc) is 2.59. The van der Waals surface area contributed by atoms with Crippen LogP contribution in [0, 0.1) is 11.8 Å². The Morgan fingerprint density at radius 2 is 1.75 bits per heavy atom. The highest BCUT2D eigenvalue weighted by molar-refractivity contribution is 6.42. The second-order valence-corrected chi connectivity index (χ2v) is 8.51. The molecule has 0 radical (unpaired) electrons. The third-order valence-corrected chi connectivity index (χ3v) is 6.87. The third kappa shape index (κ3) is 4.46. The van der Waals surface area contributed by atoms with Crippen molar-refractivity contribution in [3.05, 3.63) is 33.8 Å². The number of halogens is 2. The van der Waals surface area contributed by atoms with Crippen LogP contribution in [0.2, 0.25) is 10.0 Å². The summed E-state index contributed by atoms with van der Waals surface area (Å²) >= 11 is 12.2. The maximum absolute atomic E-state index is 6.19. The minimum absolute atomic E-state index is 0.657. The van der Waals surface area contributed by atoms with E-state index in [-0.39, 0.29) is 0 Å². The Balaban J connectivity index is 1.59. The molecule has 1 aromatic rings. The highest BCUT2D eigenvalue weighted by atomic mass is 35.5. The van der Waals surface area contributed by atoms with Crippen LogP contribution >= 0.6 is 23.2 Å². The first-order chi connectivity index (χ1) is 11.6. The van der Waals surface area contributed by atoms with Gasteiger partial charge in [-0.25, -0.2) is 0 Å². The van der Waals surface area contributed by atoms with E-state index < -0.39 is 0 Å². The quantitative estimate of drug-likeness (QED) is 0.739. The topological polar surface area (TPSA) is 6.48 Å². The monoisotopic (exact) mass is 368 g/mol. The first-order valence-electron chi connectivity index (χ1n) is 9.43. The van der Waals surface area contributed by atoms with E-state index in [0.29, 0.717) is 10.0 Å². The highest BCUT2D eigenvalue weighted by Crippen LogP contribution is 2.33. The maximum atomic E-state index is 6.19. The van der Waals surface area contributed by atoms with Crippen LogP contribution in [0.15, 0.2) is 18.2 Å². The molecule has 2 saturated heterocycles. The van der Waals surface area contributed by atoms with Crippen LogP contribution in [0.1, 0.15) is 38.2 Å². The molecule has 3 rings (SSSR count). The van der Waals surface area contributed by atoms with Gasteiger partial charge in [-0.2, -0.15) is 0 Å². The van der Waals surface area contributed by atoms with Crippen molar-refractivity contribution < 1.29 is 0 Å². The van der Waals surface area contributed by atoms with Gasteiger partial charge in [-0.3, -0.25) is 4.90 Å². The van der Waals surface area contributed by atoms with Crippen LogP contribution in [0.25, 0.3) is 0 Å². The fourth-order valence-electron chi connectivity index (χ4n) is 4.50. The van der Waals surface area contributed by atoms with Gasteiger partial charge >= 0.3 is 0 Å². The van der Waals surface area contributed by atoms with E-state index >= 15 is 0 Å². The SMILES string of the molecule is CCC1CN(C2CCN(C)CC2)CCC1Cc1ccc(Cl)c(Cl)c1. The van der Waals surface area contributed by atoms with Crippen molar-refractivity contribution in [1.82, 2.24) is 9.80 Å². The Bertz CT molecular complexity index is 540. The van der Waals surface area contributed by atoms with Gasteiger partial charge in [0.25, 0.3) is 0 Å². The first kappa shape index (κ1) is 18.5. The smallest absolute Gasteiger partial charge is 0.0595 e. The summed E-state index contributed by atoms with van der Waals surface area (Å²) in [4.78, 5) is 5.25. The maximum Gasteiger partial charge on any atom is 0.0595 e. The average molecular weight is 369 g/mol. The zero-order valence-electron chi connectivity index (χ0n) is 15.0. The van der Waals surface area contributed by atoms with Crippen LogP contribution in [-0.2, 0) is 6.42 Å². The van der Waals surface area contributed by atoms with Crippen molar-refractivity contribution in [3.63, 3.8) is 0 Å². The Morgan fingerprint density at radius 3 is 2.42 bits per heavy atom. The summed E-state index contributed by atoms with van der Waals surface area (Å²) in [6, 6.07) is 6.94. The summed E-state index contributed by atoms with van der Waals surface area (Å²) in [7, 11) is 2.24. The molecule has 0 amide bonds. The van der Waals surface area contributed by atoms with E-state index in [1.165, 1.54) is 57.4 Å². The van der Waals surface area contributed by atoms with Gasteiger partial charge in [0, 0.05) is 12.6 Å². The molecule has 134 valence electrons. The molecule has 2 fully saturated rings. The molecule has 2 aliphatic heterocycles. The van der Waals surface area contributed by atoms with Gasteiger partial charge < -0.3 is 4.90 Å². The van der Waals surface area contributed by atoms with Gasteiger partial charge in [0.15, 0.2) is 0 Å². The number of hydrogen-bond acceptors (Lipinski definition) is 2. The molecule has 1 aromatic carbocycles. The molecular weight excluding hydrogens is 339 g/mol. The van der Waals surface area contributed by atoms with Crippen LogP contribution in [0.4, 0.5) is 0 Å². The Morgan fingerprint density at radius 1 is 1.00 bits per heavy atom. The molecule has 2 heterocycles. The second-order valence-electron chi connectivity index (χ2n) is 7.70. The van der Waals surface area contributed by atoms with Crippen LogP contribution in [-0.4, -0.2) is 49.1 Å². The van der Waals surface area contributed by atoms with Crippen molar-refractivity contribution >= 4 is 23.2 Å². The standard InChI is InChI=1S/C20H30Cl2N2/c1-3-16-14-24(18-7-9-23(2)10-8-18)11-6-17(16)12-15-4-5-19(21)20(22)13-15/h4-5,13,16-18H,3,6-12,14H2,1-2H3. The molecule has 2 nitrogen and oxygen atoms in total. The van der Waals surface area contributed by atoms with Crippen molar-refractivity contribution in [3.8, 4) is 0 Å². The van der Waals surface area contributed by atoms with E-state index in [4.69, 9.17) is 23.2 Å². The summed E-state index contributed by atoms with van der Waals surface area (Å²) in [5.41, 5.74) is 1.33. The molecule has 0 aromatic heterocycles. The number of hydrogen-bond donors (Lipinski definition) is 0. The van der Waals surface area contributed by atoms with Gasteiger partial charge in [-0.05, 0) is 81.9 Å². The van der Waals surface area contributed by atoms with Crippen LogP contribution < -0.4 is 0 Å². The second kappa shape index (κ2) is 8.40. The minimum atomic E-state index is 0.657. The summed E-state index contributed by atoms with van der Waals surface area (Å²) in [5, 5.41) is 1.34. The first-order valence-corrected chi connectivity index (χ1v) is 10.2. The van der Waals surface area contributed by atoms with Gasteiger partial charge in [0.1, 0.15) is 0 Å². The van der Waals surface area contributed by atoms with Crippen LogP contribution in [0.5, 0.6) is 0 Å². The molecule has 4 heteroatoms. The normalized spacial score (nSPS) is 27.5. The van der Waals surface area contributed by atoms with Gasteiger partial charge in [0.05, 0.1) is 10.0 Å². The molecule has 2 atom stereocenters. The molecule has 2 aliphatic rings.